The molecule has 1 unspecified atom stereocenters. The molecular formula is C24H26N4O. The molecule has 0 radical (unpaired) electrons. The van der Waals surface area contributed by atoms with E-state index in [1.807, 2.05) is 42.5 Å². The summed E-state index contributed by atoms with van der Waals surface area (Å²) in [5, 5.41) is 10.5. The van der Waals surface area contributed by atoms with Crippen LogP contribution in [0, 0.1) is 0 Å². The van der Waals surface area contributed by atoms with Crippen molar-refractivity contribution >= 4 is 22.9 Å². The molecule has 1 atom stereocenters. The zero-order valence-corrected chi connectivity index (χ0v) is 17.0. The van der Waals surface area contributed by atoms with E-state index in [4.69, 9.17) is 9.84 Å². The van der Waals surface area contributed by atoms with Crippen molar-refractivity contribution in [1.29, 1.82) is 0 Å². The van der Waals surface area contributed by atoms with Gasteiger partial charge >= 0.3 is 0 Å². The summed E-state index contributed by atoms with van der Waals surface area (Å²) in [5.41, 5.74) is 4.52. The highest BCUT2D eigenvalue weighted by molar-refractivity contribution is 5.98. The first-order valence-electron chi connectivity index (χ1n) is 9.74. The third-order valence-corrected chi connectivity index (χ3v) is 5.10. The van der Waals surface area contributed by atoms with Gasteiger partial charge in [-0.3, -0.25) is 5.01 Å². The summed E-state index contributed by atoms with van der Waals surface area (Å²) in [6, 6.07) is 27.1. The molecule has 29 heavy (non-hydrogen) atoms. The first-order chi connectivity index (χ1) is 14.1. The molecule has 0 bridgehead atoms. The largest absolute Gasteiger partial charge is 0.497 e. The molecule has 1 heterocycles. The van der Waals surface area contributed by atoms with Crippen LogP contribution in [-0.4, -0.2) is 27.0 Å². The minimum absolute atomic E-state index is 0.148. The van der Waals surface area contributed by atoms with Crippen LogP contribution in [0.5, 0.6) is 5.75 Å². The Labute approximate surface area is 172 Å². The van der Waals surface area contributed by atoms with Crippen molar-refractivity contribution < 1.29 is 4.74 Å². The third-order valence-electron chi connectivity index (χ3n) is 5.10. The number of amidine groups is 1. The monoisotopic (exact) mass is 386 g/mol. The Balaban J connectivity index is 1.60. The highest BCUT2D eigenvalue weighted by Gasteiger charge is 2.29. The Morgan fingerprint density at radius 2 is 1.62 bits per heavy atom. The Morgan fingerprint density at radius 1 is 0.931 bits per heavy atom. The van der Waals surface area contributed by atoms with Crippen molar-refractivity contribution in [2.75, 3.05) is 36.4 Å². The number of rotatable bonds is 5. The van der Waals surface area contributed by atoms with Crippen LogP contribution < -0.4 is 20.0 Å². The van der Waals surface area contributed by atoms with Crippen molar-refractivity contribution in [3.05, 3.63) is 84.4 Å². The van der Waals surface area contributed by atoms with Crippen LogP contribution in [-0.2, 0) is 0 Å². The normalized spacial score (nSPS) is 15.8. The van der Waals surface area contributed by atoms with Crippen molar-refractivity contribution in [2.45, 2.75) is 12.5 Å². The maximum atomic E-state index is 5.25. The van der Waals surface area contributed by atoms with Gasteiger partial charge in [0.25, 0.3) is 0 Å². The average molecular weight is 386 g/mol. The molecule has 5 nitrogen and oxygen atoms in total. The fraction of sp³-hybridized carbons (Fsp3) is 0.208. The van der Waals surface area contributed by atoms with Gasteiger partial charge in [-0.15, -0.1) is 0 Å². The predicted molar refractivity (Wildman–Crippen MR) is 121 cm³/mol. The maximum absolute atomic E-state index is 5.25. The lowest BCUT2D eigenvalue weighted by molar-refractivity contribution is 0.415. The summed E-state index contributed by atoms with van der Waals surface area (Å²) < 4.78 is 5.25. The van der Waals surface area contributed by atoms with Crippen LogP contribution in [0.25, 0.3) is 0 Å². The number of ether oxygens (including phenoxy) is 1. The number of anilines is 3. The lowest BCUT2D eigenvalue weighted by Crippen LogP contribution is -2.18. The van der Waals surface area contributed by atoms with Gasteiger partial charge in [-0.1, -0.05) is 30.3 Å². The molecular weight excluding hydrogens is 360 g/mol. The van der Waals surface area contributed by atoms with E-state index in [0.717, 1.165) is 29.4 Å². The topological polar surface area (TPSA) is 40.1 Å². The summed E-state index contributed by atoms with van der Waals surface area (Å²) in [6.45, 7) is 0. The Kier molecular flexibility index (Phi) is 5.38. The van der Waals surface area contributed by atoms with Crippen molar-refractivity contribution in [3.8, 4) is 5.75 Å². The van der Waals surface area contributed by atoms with E-state index in [9.17, 15) is 0 Å². The quantitative estimate of drug-likeness (QED) is 0.659. The molecule has 1 N–H and O–H groups in total. The van der Waals surface area contributed by atoms with Crippen molar-refractivity contribution in [3.63, 3.8) is 0 Å². The van der Waals surface area contributed by atoms with Gasteiger partial charge in [-0.25, -0.2) is 0 Å². The highest BCUT2D eigenvalue weighted by Crippen LogP contribution is 2.36. The molecule has 1 aliphatic rings. The zero-order valence-electron chi connectivity index (χ0n) is 17.0. The van der Waals surface area contributed by atoms with Crippen molar-refractivity contribution in [1.82, 2.24) is 0 Å². The molecule has 5 heteroatoms. The second-order valence-corrected chi connectivity index (χ2v) is 7.29. The lowest BCUT2D eigenvalue weighted by Gasteiger charge is -2.24. The zero-order chi connectivity index (χ0) is 20.2. The number of para-hydroxylation sites is 1. The van der Waals surface area contributed by atoms with Crippen molar-refractivity contribution in [2.24, 2.45) is 5.10 Å². The summed E-state index contributed by atoms with van der Waals surface area (Å²) in [6.07, 6.45) is 0.808. The average Bonchev–Trinajstić information content (AvgIpc) is 3.19. The molecule has 3 aromatic rings. The van der Waals surface area contributed by atoms with Gasteiger partial charge in [-0.2, -0.15) is 5.10 Å². The Hall–Kier alpha value is -3.47. The molecule has 0 spiro atoms. The van der Waals surface area contributed by atoms with Crippen LogP contribution in [0.4, 0.5) is 17.1 Å². The van der Waals surface area contributed by atoms with Gasteiger partial charge in [0.2, 0.25) is 0 Å². The number of benzene rings is 3. The van der Waals surface area contributed by atoms with E-state index in [0.29, 0.717) is 0 Å². The predicted octanol–water partition coefficient (Wildman–Crippen LogP) is 5.14. The summed E-state index contributed by atoms with van der Waals surface area (Å²) >= 11 is 0. The van der Waals surface area contributed by atoms with Crippen LogP contribution >= 0.6 is 0 Å². The molecule has 1 aliphatic heterocycles. The minimum atomic E-state index is 0.148. The second kappa shape index (κ2) is 8.27. The fourth-order valence-corrected chi connectivity index (χ4v) is 3.50. The van der Waals surface area contributed by atoms with E-state index in [2.05, 4.69) is 65.7 Å². The van der Waals surface area contributed by atoms with Gasteiger partial charge < -0.3 is 15.0 Å². The van der Waals surface area contributed by atoms with Gasteiger partial charge in [-0.05, 0) is 54.1 Å². The smallest absolute Gasteiger partial charge is 0.129 e. The maximum Gasteiger partial charge on any atom is 0.129 e. The van der Waals surface area contributed by atoms with Gasteiger partial charge in [0, 0.05) is 31.9 Å². The number of hydrazone groups is 1. The Morgan fingerprint density at radius 3 is 2.24 bits per heavy atom. The SMILES string of the molecule is COc1ccc(NC2=NN(c3ccccc3)C(c3ccc(N(C)C)cc3)C2)cc1. The molecule has 148 valence electrons. The van der Waals surface area contributed by atoms with Gasteiger partial charge in [0.05, 0.1) is 18.8 Å². The molecule has 0 fully saturated rings. The van der Waals surface area contributed by atoms with E-state index >= 15 is 0 Å². The summed E-state index contributed by atoms with van der Waals surface area (Å²) in [5.74, 6) is 1.79. The lowest BCUT2D eigenvalue weighted by atomic mass is 10.0. The van der Waals surface area contributed by atoms with Gasteiger partial charge in [0.15, 0.2) is 0 Å². The molecule has 3 aromatic carbocycles. The van der Waals surface area contributed by atoms with E-state index in [1.54, 1.807) is 7.11 Å². The molecule has 0 saturated carbocycles. The first kappa shape index (κ1) is 18.9. The molecule has 0 amide bonds. The number of nitrogens with one attached hydrogen (secondary N) is 1. The number of nitrogens with zero attached hydrogens (tertiary/aromatic N) is 3. The highest BCUT2D eigenvalue weighted by atomic mass is 16.5. The van der Waals surface area contributed by atoms with Crippen LogP contribution in [0.2, 0.25) is 0 Å². The molecule has 0 aliphatic carbocycles. The van der Waals surface area contributed by atoms with Gasteiger partial charge in [0.1, 0.15) is 11.6 Å². The fourth-order valence-electron chi connectivity index (χ4n) is 3.50. The van der Waals surface area contributed by atoms with E-state index in [1.165, 1.54) is 11.3 Å². The molecule has 0 aromatic heterocycles. The molecule has 4 rings (SSSR count). The van der Waals surface area contributed by atoms with E-state index < -0.39 is 0 Å². The van der Waals surface area contributed by atoms with E-state index in [-0.39, 0.29) is 6.04 Å². The van der Waals surface area contributed by atoms with Crippen LogP contribution in [0.15, 0.2) is 84.0 Å². The minimum Gasteiger partial charge on any atom is -0.497 e. The third kappa shape index (κ3) is 4.19. The number of hydrogen-bond donors (Lipinski definition) is 1. The number of hydrogen-bond acceptors (Lipinski definition) is 5. The van der Waals surface area contributed by atoms with Crippen LogP contribution in [0.1, 0.15) is 18.0 Å². The van der Waals surface area contributed by atoms with Crippen LogP contribution in [0.3, 0.4) is 0 Å². The standard InChI is InChI=1S/C24H26N4O/c1-27(2)20-13-9-18(10-14-20)23-17-24(25-19-11-15-22(29-3)16-12-19)26-28(23)21-7-5-4-6-8-21/h4-16,23H,17H2,1-3H3,(H,25,26). The second-order valence-electron chi connectivity index (χ2n) is 7.29. The molecule has 0 saturated heterocycles. The Bertz CT molecular complexity index is 966. The first-order valence-corrected chi connectivity index (χ1v) is 9.74. The number of methoxy groups -OCH3 is 1. The summed E-state index contributed by atoms with van der Waals surface area (Å²) in [4.78, 5) is 2.11. The summed E-state index contributed by atoms with van der Waals surface area (Å²) in [7, 11) is 5.79.